The molecule has 0 fully saturated rings. The van der Waals surface area contributed by atoms with Gasteiger partial charge in [-0.2, -0.15) is 0 Å². The highest BCUT2D eigenvalue weighted by Crippen LogP contribution is 2.30. The van der Waals surface area contributed by atoms with Crippen molar-refractivity contribution in [2.75, 3.05) is 11.1 Å². The molecule has 0 saturated heterocycles. The zero-order chi connectivity index (χ0) is 10.8. The van der Waals surface area contributed by atoms with Gasteiger partial charge in [0.2, 0.25) is 0 Å². The predicted octanol–water partition coefficient (Wildman–Crippen LogP) is 4.14. The fraction of sp³-hybridized carbons (Fsp3) is 0.0909. The quantitative estimate of drug-likeness (QED) is 0.813. The maximum atomic E-state index is 5.90. The molecule has 2 aromatic rings. The molecule has 0 bridgehead atoms. The van der Waals surface area contributed by atoms with Crippen molar-refractivity contribution in [3.05, 3.63) is 39.7 Å². The first-order valence-electron chi connectivity index (χ1n) is 4.53. The van der Waals surface area contributed by atoms with E-state index in [1.165, 1.54) is 5.56 Å². The summed E-state index contributed by atoms with van der Waals surface area (Å²) in [5, 5.41) is 6.53. The standard InChI is InChI=1S/C11H11BrN2S/c1-7-4-5-15-11(7)14-10-3-2-8(12)6-9(10)13/h2-6,14H,13H2,1H3. The van der Waals surface area contributed by atoms with Crippen LogP contribution in [-0.2, 0) is 0 Å². The summed E-state index contributed by atoms with van der Waals surface area (Å²) in [6, 6.07) is 7.92. The number of nitrogen functional groups attached to an aromatic ring is 1. The van der Waals surface area contributed by atoms with Gasteiger partial charge in [0.25, 0.3) is 0 Å². The Bertz CT molecular complexity index is 479. The van der Waals surface area contributed by atoms with E-state index in [2.05, 4.69) is 39.6 Å². The smallest absolute Gasteiger partial charge is 0.0956 e. The number of thiophene rings is 1. The summed E-state index contributed by atoms with van der Waals surface area (Å²) >= 11 is 5.06. The van der Waals surface area contributed by atoms with Gasteiger partial charge in [-0.15, -0.1) is 11.3 Å². The lowest BCUT2D eigenvalue weighted by atomic mass is 10.2. The summed E-state index contributed by atoms with van der Waals surface area (Å²) in [5.41, 5.74) is 8.83. The highest BCUT2D eigenvalue weighted by molar-refractivity contribution is 9.10. The topological polar surface area (TPSA) is 38.0 Å². The molecule has 0 aliphatic rings. The maximum Gasteiger partial charge on any atom is 0.0956 e. The lowest BCUT2D eigenvalue weighted by Crippen LogP contribution is -1.95. The molecule has 78 valence electrons. The Balaban J connectivity index is 2.29. The van der Waals surface area contributed by atoms with Gasteiger partial charge in [-0.1, -0.05) is 15.9 Å². The first kappa shape index (κ1) is 10.5. The van der Waals surface area contributed by atoms with Crippen LogP contribution < -0.4 is 11.1 Å². The van der Waals surface area contributed by atoms with Crippen molar-refractivity contribution in [1.29, 1.82) is 0 Å². The van der Waals surface area contributed by atoms with Crippen LogP contribution in [0.4, 0.5) is 16.4 Å². The van der Waals surface area contributed by atoms with Crippen molar-refractivity contribution in [3.8, 4) is 0 Å². The average Bonchev–Trinajstić information content (AvgIpc) is 2.57. The number of rotatable bonds is 2. The van der Waals surface area contributed by atoms with Crippen LogP contribution in [0.1, 0.15) is 5.56 Å². The van der Waals surface area contributed by atoms with Gasteiger partial charge in [0.05, 0.1) is 16.4 Å². The molecule has 2 rings (SSSR count). The summed E-state index contributed by atoms with van der Waals surface area (Å²) in [6.45, 7) is 2.08. The first-order chi connectivity index (χ1) is 7.16. The van der Waals surface area contributed by atoms with Gasteiger partial charge in [0.1, 0.15) is 0 Å². The van der Waals surface area contributed by atoms with Crippen LogP contribution in [0.2, 0.25) is 0 Å². The molecule has 0 radical (unpaired) electrons. The minimum atomic E-state index is 0.747. The number of halogens is 1. The molecule has 0 unspecified atom stereocenters. The Morgan fingerprint density at radius 1 is 1.33 bits per heavy atom. The van der Waals surface area contributed by atoms with Crippen LogP contribution in [0.3, 0.4) is 0 Å². The molecule has 0 atom stereocenters. The molecule has 0 amide bonds. The van der Waals surface area contributed by atoms with E-state index in [0.29, 0.717) is 0 Å². The Kier molecular flexibility index (Phi) is 2.98. The molecule has 0 spiro atoms. The van der Waals surface area contributed by atoms with Gasteiger partial charge in [-0.25, -0.2) is 0 Å². The van der Waals surface area contributed by atoms with E-state index in [-0.39, 0.29) is 0 Å². The lowest BCUT2D eigenvalue weighted by Gasteiger charge is -2.08. The second kappa shape index (κ2) is 4.24. The molecule has 15 heavy (non-hydrogen) atoms. The molecule has 2 nitrogen and oxygen atoms in total. The van der Waals surface area contributed by atoms with Crippen LogP contribution >= 0.6 is 27.3 Å². The van der Waals surface area contributed by atoms with E-state index in [9.17, 15) is 0 Å². The molecule has 3 N–H and O–H groups in total. The van der Waals surface area contributed by atoms with Crippen LogP contribution in [0.5, 0.6) is 0 Å². The Hall–Kier alpha value is -1.00. The second-order valence-corrected chi connectivity index (χ2v) is 5.12. The van der Waals surface area contributed by atoms with Gasteiger partial charge in [-0.3, -0.25) is 0 Å². The molecular weight excluding hydrogens is 272 g/mol. The van der Waals surface area contributed by atoms with E-state index in [1.807, 2.05) is 18.2 Å². The van der Waals surface area contributed by atoms with Gasteiger partial charge < -0.3 is 11.1 Å². The van der Waals surface area contributed by atoms with Crippen LogP contribution in [0.15, 0.2) is 34.1 Å². The van der Waals surface area contributed by atoms with E-state index < -0.39 is 0 Å². The van der Waals surface area contributed by atoms with Gasteiger partial charge in [0, 0.05) is 4.47 Å². The molecule has 1 aromatic heterocycles. The SMILES string of the molecule is Cc1ccsc1Nc1ccc(Br)cc1N. The molecule has 1 aromatic carbocycles. The third-order valence-corrected chi connectivity index (χ3v) is 3.55. The van der Waals surface area contributed by atoms with E-state index in [1.54, 1.807) is 11.3 Å². The van der Waals surface area contributed by atoms with Gasteiger partial charge >= 0.3 is 0 Å². The number of benzene rings is 1. The lowest BCUT2D eigenvalue weighted by molar-refractivity contribution is 1.50. The minimum absolute atomic E-state index is 0.747. The van der Waals surface area contributed by atoms with E-state index in [0.717, 1.165) is 20.8 Å². The van der Waals surface area contributed by atoms with E-state index in [4.69, 9.17) is 5.73 Å². The number of hydrogen-bond donors (Lipinski definition) is 2. The van der Waals surface area contributed by atoms with Crippen LogP contribution in [0.25, 0.3) is 0 Å². The minimum Gasteiger partial charge on any atom is -0.397 e. The number of nitrogens with one attached hydrogen (secondary N) is 1. The maximum absolute atomic E-state index is 5.90. The summed E-state index contributed by atoms with van der Waals surface area (Å²) in [6.07, 6.45) is 0. The highest BCUT2D eigenvalue weighted by atomic mass is 79.9. The Labute approximate surface area is 101 Å². The predicted molar refractivity (Wildman–Crippen MR) is 70.9 cm³/mol. The third-order valence-electron chi connectivity index (χ3n) is 2.12. The molecular formula is C11H11BrN2S. The van der Waals surface area contributed by atoms with Crippen LogP contribution in [-0.4, -0.2) is 0 Å². The van der Waals surface area contributed by atoms with Crippen molar-refractivity contribution < 1.29 is 0 Å². The molecule has 0 aliphatic carbocycles. The zero-order valence-electron chi connectivity index (χ0n) is 8.25. The highest BCUT2D eigenvalue weighted by Gasteiger charge is 2.03. The monoisotopic (exact) mass is 282 g/mol. The van der Waals surface area contributed by atoms with Crippen molar-refractivity contribution in [1.82, 2.24) is 0 Å². The van der Waals surface area contributed by atoms with Crippen molar-refractivity contribution >= 4 is 43.6 Å². The van der Waals surface area contributed by atoms with Gasteiger partial charge in [0.15, 0.2) is 0 Å². The Morgan fingerprint density at radius 3 is 2.73 bits per heavy atom. The molecule has 1 heterocycles. The number of hydrogen-bond acceptors (Lipinski definition) is 3. The summed E-state index contributed by atoms with van der Waals surface area (Å²) in [5.74, 6) is 0. The third kappa shape index (κ3) is 2.33. The van der Waals surface area contributed by atoms with Crippen LogP contribution in [0, 0.1) is 6.92 Å². The van der Waals surface area contributed by atoms with Gasteiger partial charge in [-0.05, 0) is 42.1 Å². The second-order valence-electron chi connectivity index (χ2n) is 3.29. The average molecular weight is 283 g/mol. The Morgan fingerprint density at radius 2 is 2.13 bits per heavy atom. The van der Waals surface area contributed by atoms with Crippen molar-refractivity contribution in [2.24, 2.45) is 0 Å². The van der Waals surface area contributed by atoms with E-state index >= 15 is 0 Å². The largest absolute Gasteiger partial charge is 0.397 e. The fourth-order valence-corrected chi connectivity index (χ4v) is 2.48. The molecule has 4 heteroatoms. The fourth-order valence-electron chi connectivity index (χ4n) is 1.27. The normalized spacial score (nSPS) is 10.3. The summed E-state index contributed by atoms with van der Waals surface area (Å²) in [4.78, 5) is 0. The number of nitrogens with two attached hydrogens (primary N) is 1. The van der Waals surface area contributed by atoms with Crippen molar-refractivity contribution in [2.45, 2.75) is 6.92 Å². The summed E-state index contributed by atoms with van der Waals surface area (Å²) < 4.78 is 0.994. The summed E-state index contributed by atoms with van der Waals surface area (Å²) in [7, 11) is 0. The molecule has 0 aliphatic heterocycles. The number of anilines is 3. The molecule has 0 saturated carbocycles. The first-order valence-corrected chi connectivity index (χ1v) is 6.20. The zero-order valence-corrected chi connectivity index (χ0v) is 10.7. The van der Waals surface area contributed by atoms with Crippen molar-refractivity contribution in [3.63, 3.8) is 0 Å². The number of aryl methyl sites for hydroxylation is 1.